The third-order valence-electron chi connectivity index (χ3n) is 3.65. The van der Waals surface area contributed by atoms with Crippen LogP contribution in [0.25, 0.3) is 0 Å². The van der Waals surface area contributed by atoms with Crippen molar-refractivity contribution in [2.24, 2.45) is 0 Å². The number of H-pyrrole nitrogens is 1. The highest BCUT2D eigenvalue weighted by atomic mass is 32.1. The number of amides is 1. The minimum atomic E-state index is -0.291. The molecule has 2 rings (SSSR count). The zero-order chi connectivity index (χ0) is 14.9. The number of nitrogens with zero attached hydrogens (tertiary/aromatic N) is 2. The highest BCUT2D eigenvalue weighted by molar-refractivity contribution is 7.71. The minimum Gasteiger partial charge on any atom is -0.378 e. The monoisotopic (exact) mass is 297 g/mol. The molecule has 0 bridgehead atoms. The van der Waals surface area contributed by atoms with Crippen LogP contribution in [0.4, 0.5) is 0 Å². The largest absolute Gasteiger partial charge is 0.378 e. The van der Waals surface area contributed by atoms with Gasteiger partial charge in [0.25, 0.3) is 0 Å². The number of hydrogen-bond donors (Lipinski definition) is 1. The zero-order valence-electron chi connectivity index (χ0n) is 12.6. The number of rotatable bonds is 2. The molecule has 1 aliphatic rings. The summed E-state index contributed by atoms with van der Waals surface area (Å²) in [6.45, 7) is 10.8. The van der Waals surface area contributed by atoms with Crippen molar-refractivity contribution in [1.82, 2.24) is 14.5 Å². The molecule has 1 aromatic heterocycles. The lowest BCUT2D eigenvalue weighted by molar-refractivity contribution is -0.138. The van der Waals surface area contributed by atoms with Crippen molar-refractivity contribution in [3.05, 3.63) is 16.7 Å². The van der Waals surface area contributed by atoms with Crippen LogP contribution in [0.2, 0.25) is 0 Å². The lowest BCUT2D eigenvalue weighted by atomic mass is 9.92. The van der Waals surface area contributed by atoms with Crippen molar-refractivity contribution in [2.75, 3.05) is 26.3 Å². The van der Waals surface area contributed by atoms with Crippen LogP contribution in [-0.4, -0.2) is 46.7 Å². The second-order valence-corrected chi connectivity index (χ2v) is 6.60. The Labute approximate surface area is 124 Å². The smallest absolute Gasteiger partial charge is 0.245 e. The summed E-state index contributed by atoms with van der Waals surface area (Å²) < 4.78 is 7.83. The van der Waals surface area contributed by atoms with Gasteiger partial charge in [-0.25, -0.2) is 0 Å². The summed E-state index contributed by atoms with van der Waals surface area (Å²) in [7, 11) is 0. The molecule has 1 fully saturated rings. The molecule has 1 unspecified atom stereocenters. The predicted octanol–water partition coefficient (Wildman–Crippen LogP) is 2.26. The van der Waals surface area contributed by atoms with Gasteiger partial charge in [-0.15, -0.1) is 0 Å². The molecule has 2 heterocycles. The molecule has 1 saturated heterocycles. The Morgan fingerprint density at radius 2 is 2.00 bits per heavy atom. The highest BCUT2D eigenvalue weighted by Gasteiger charge is 2.28. The van der Waals surface area contributed by atoms with Crippen molar-refractivity contribution < 1.29 is 9.53 Å². The van der Waals surface area contributed by atoms with E-state index in [-0.39, 0.29) is 17.4 Å². The molecule has 1 aromatic rings. The van der Waals surface area contributed by atoms with Crippen LogP contribution < -0.4 is 0 Å². The van der Waals surface area contributed by atoms with Gasteiger partial charge >= 0.3 is 0 Å². The number of imidazole rings is 1. The normalized spacial score (nSPS) is 18.1. The third-order valence-corrected chi connectivity index (χ3v) is 3.96. The number of carbonyl (C=O) groups is 1. The Balaban J connectivity index is 2.29. The van der Waals surface area contributed by atoms with E-state index in [1.165, 1.54) is 0 Å². The second kappa shape index (κ2) is 5.69. The molecule has 5 nitrogen and oxygen atoms in total. The van der Waals surface area contributed by atoms with Crippen molar-refractivity contribution in [3.8, 4) is 0 Å². The van der Waals surface area contributed by atoms with Crippen molar-refractivity contribution in [1.29, 1.82) is 0 Å². The molecular formula is C14H23N3O2S. The number of nitrogens with one attached hydrogen (secondary N) is 1. The van der Waals surface area contributed by atoms with Crippen molar-refractivity contribution in [3.63, 3.8) is 0 Å². The van der Waals surface area contributed by atoms with Gasteiger partial charge in [0, 0.05) is 30.4 Å². The van der Waals surface area contributed by atoms with E-state index in [4.69, 9.17) is 17.0 Å². The SMILES string of the molecule is CC(C(=O)N1CCOCC1)n1c(C(C)(C)C)c[nH]c1=S. The van der Waals surface area contributed by atoms with Gasteiger partial charge in [0.1, 0.15) is 6.04 Å². The van der Waals surface area contributed by atoms with Gasteiger partial charge < -0.3 is 19.2 Å². The fourth-order valence-corrected chi connectivity index (χ4v) is 2.81. The van der Waals surface area contributed by atoms with E-state index in [0.29, 0.717) is 31.1 Å². The Bertz CT molecular complexity index is 535. The number of morpholine rings is 1. The number of hydrogen-bond acceptors (Lipinski definition) is 3. The summed E-state index contributed by atoms with van der Waals surface area (Å²) in [6.07, 6.45) is 1.91. The quantitative estimate of drug-likeness (QED) is 0.852. The fraction of sp³-hybridized carbons (Fsp3) is 0.714. The van der Waals surface area contributed by atoms with E-state index in [1.807, 2.05) is 22.6 Å². The van der Waals surface area contributed by atoms with E-state index in [9.17, 15) is 4.79 Å². The predicted molar refractivity (Wildman–Crippen MR) is 80.4 cm³/mol. The van der Waals surface area contributed by atoms with Gasteiger partial charge in [-0.1, -0.05) is 20.8 Å². The average molecular weight is 297 g/mol. The molecule has 0 spiro atoms. The van der Waals surface area contributed by atoms with Gasteiger partial charge in [0.15, 0.2) is 4.77 Å². The molecule has 0 saturated carbocycles. The number of ether oxygens (including phenoxy) is 1. The summed E-state index contributed by atoms with van der Waals surface area (Å²) in [4.78, 5) is 17.5. The molecule has 1 aliphatic heterocycles. The lowest BCUT2D eigenvalue weighted by Gasteiger charge is -2.31. The standard InChI is InChI=1S/C14H23N3O2S/c1-10(12(18)16-5-7-19-8-6-16)17-11(14(2,3)4)9-15-13(17)20/h9-10H,5-8H2,1-4H3,(H,15,20). The van der Waals surface area contributed by atoms with Crippen molar-refractivity contribution >= 4 is 18.1 Å². The summed E-state index contributed by atoms with van der Waals surface area (Å²) >= 11 is 5.35. The molecule has 1 amide bonds. The molecule has 20 heavy (non-hydrogen) atoms. The van der Waals surface area contributed by atoms with E-state index in [0.717, 1.165) is 5.69 Å². The second-order valence-electron chi connectivity index (χ2n) is 6.21. The van der Waals surface area contributed by atoms with Gasteiger partial charge in [-0.05, 0) is 19.1 Å². The summed E-state index contributed by atoms with van der Waals surface area (Å²) in [5.41, 5.74) is 0.990. The average Bonchev–Trinajstić information content (AvgIpc) is 2.80. The molecule has 0 radical (unpaired) electrons. The Hall–Kier alpha value is -1.14. The topological polar surface area (TPSA) is 50.3 Å². The maximum absolute atomic E-state index is 12.6. The molecule has 0 aliphatic carbocycles. The summed E-state index contributed by atoms with van der Waals surface area (Å²) in [6, 6.07) is -0.291. The number of carbonyl (C=O) groups excluding carboxylic acids is 1. The van der Waals surface area contributed by atoms with Crippen LogP contribution >= 0.6 is 12.2 Å². The first-order valence-electron chi connectivity index (χ1n) is 6.99. The maximum atomic E-state index is 12.6. The molecule has 112 valence electrons. The fourth-order valence-electron chi connectivity index (χ4n) is 2.50. The van der Waals surface area contributed by atoms with Crippen molar-refractivity contribution in [2.45, 2.75) is 39.2 Å². The van der Waals surface area contributed by atoms with Gasteiger partial charge in [-0.3, -0.25) is 4.79 Å². The highest BCUT2D eigenvalue weighted by Crippen LogP contribution is 2.26. The van der Waals surface area contributed by atoms with Crippen LogP contribution in [0.3, 0.4) is 0 Å². The first-order valence-corrected chi connectivity index (χ1v) is 7.40. The number of aromatic amines is 1. The molecule has 0 aromatic carbocycles. The first-order chi connectivity index (χ1) is 9.32. The molecular weight excluding hydrogens is 274 g/mol. The zero-order valence-corrected chi connectivity index (χ0v) is 13.4. The Morgan fingerprint density at radius 3 is 2.55 bits per heavy atom. The Kier molecular flexibility index (Phi) is 4.34. The van der Waals surface area contributed by atoms with Crippen LogP contribution in [-0.2, 0) is 14.9 Å². The van der Waals surface area contributed by atoms with E-state index >= 15 is 0 Å². The van der Waals surface area contributed by atoms with Gasteiger partial charge in [-0.2, -0.15) is 0 Å². The van der Waals surface area contributed by atoms with E-state index in [2.05, 4.69) is 25.8 Å². The summed E-state index contributed by atoms with van der Waals surface area (Å²) in [5, 5.41) is 0. The minimum absolute atomic E-state index is 0.0624. The van der Waals surface area contributed by atoms with E-state index < -0.39 is 0 Å². The van der Waals surface area contributed by atoms with Crippen LogP contribution in [0, 0.1) is 4.77 Å². The van der Waals surface area contributed by atoms with Gasteiger partial charge in [0.05, 0.1) is 13.2 Å². The Morgan fingerprint density at radius 1 is 1.40 bits per heavy atom. The van der Waals surface area contributed by atoms with Crippen LogP contribution in [0.1, 0.15) is 39.4 Å². The third kappa shape index (κ3) is 2.96. The summed E-state index contributed by atoms with van der Waals surface area (Å²) in [5.74, 6) is 0.106. The molecule has 6 heteroatoms. The maximum Gasteiger partial charge on any atom is 0.245 e. The first kappa shape index (κ1) is 15.3. The molecule has 1 N–H and O–H groups in total. The van der Waals surface area contributed by atoms with Crippen LogP contribution in [0.15, 0.2) is 6.20 Å². The molecule has 1 atom stereocenters. The number of aromatic nitrogens is 2. The van der Waals surface area contributed by atoms with E-state index in [1.54, 1.807) is 0 Å². The van der Waals surface area contributed by atoms with Gasteiger partial charge in [0.2, 0.25) is 5.91 Å². The lowest BCUT2D eigenvalue weighted by Crippen LogP contribution is -2.44. The van der Waals surface area contributed by atoms with Crippen LogP contribution in [0.5, 0.6) is 0 Å².